The zero-order chi connectivity index (χ0) is 12.6. The number of H-pyrrole nitrogens is 1. The second-order valence-corrected chi connectivity index (χ2v) is 3.42. The lowest BCUT2D eigenvalue weighted by atomic mass is 10.1. The standard InChI is InChI=1S/C10H9FN4O2/c11-4-1-2-5-6(3-4)14-9(15-10(13)17)7(5)8(12)16/h1-3,14H,(H2,12,16)(H3,13,15,17). The zero-order valence-electron chi connectivity index (χ0n) is 8.58. The normalized spacial score (nSPS) is 10.4. The summed E-state index contributed by atoms with van der Waals surface area (Å²) in [5.74, 6) is -1.15. The van der Waals surface area contributed by atoms with E-state index in [9.17, 15) is 14.0 Å². The number of urea groups is 1. The van der Waals surface area contributed by atoms with Gasteiger partial charge >= 0.3 is 6.03 Å². The van der Waals surface area contributed by atoms with Crippen molar-refractivity contribution < 1.29 is 14.0 Å². The number of benzene rings is 1. The predicted octanol–water partition coefficient (Wildman–Crippen LogP) is 0.897. The molecule has 0 unspecified atom stereocenters. The minimum Gasteiger partial charge on any atom is -0.365 e. The van der Waals surface area contributed by atoms with Gasteiger partial charge in [0.15, 0.2) is 0 Å². The van der Waals surface area contributed by atoms with Crippen molar-refractivity contribution in [3.63, 3.8) is 0 Å². The highest BCUT2D eigenvalue weighted by Crippen LogP contribution is 2.26. The quantitative estimate of drug-likeness (QED) is 0.620. The molecule has 6 nitrogen and oxygen atoms in total. The Morgan fingerprint density at radius 1 is 1.29 bits per heavy atom. The van der Waals surface area contributed by atoms with Crippen molar-refractivity contribution >= 4 is 28.7 Å². The molecule has 2 rings (SSSR count). The van der Waals surface area contributed by atoms with Crippen LogP contribution in [0.5, 0.6) is 0 Å². The maximum Gasteiger partial charge on any atom is 0.317 e. The van der Waals surface area contributed by atoms with E-state index >= 15 is 0 Å². The van der Waals surface area contributed by atoms with Gasteiger partial charge < -0.3 is 16.5 Å². The Morgan fingerprint density at radius 3 is 2.59 bits per heavy atom. The first-order valence-electron chi connectivity index (χ1n) is 4.66. The van der Waals surface area contributed by atoms with Crippen LogP contribution in [0.4, 0.5) is 15.0 Å². The van der Waals surface area contributed by atoms with Gasteiger partial charge in [-0.2, -0.15) is 0 Å². The first-order chi connectivity index (χ1) is 7.99. The fourth-order valence-corrected chi connectivity index (χ4v) is 1.64. The third-order valence-electron chi connectivity index (χ3n) is 2.26. The fraction of sp³-hybridized carbons (Fsp3) is 0. The van der Waals surface area contributed by atoms with Crippen molar-refractivity contribution in [2.75, 3.05) is 5.32 Å². The van der Waals surface area contributed by atoms with Gasteiger partial charge in [-0.15, -0.1) is 0 Å². The number of carbonyl (C=O) groups is 2. The van der Waals surface area contributed by atoms with Crippen LogP contribution in [-0.4, -0.2) is 16.9 Å². The number of amides is 3. The van der Waals surface area contributed by atoms with Crippen molar-refractivity contribution in [3.05, 3.63) is 29.6 Å². The van der Waals surface area contributed by atoms with Crippen LogP contribution in [0, 0.1) is 5.82 Å². The number of primary amides is 2. The molecule has 0 fully saturated rings. The molecule has 3 amide bonds. The smallest absolute Gasteiger partial charge is 0.317 e. The summed E-state index contributed by atoms with van der Waals surface area (Å²) in [6, 6.07) is 2.93. The number of fused-ring (bicyclic) bond motifs is 1. The van der Waals surface area contributed by atoms with Gasteiger partial charge in [0.25, 0.3) is 5.91 Å². The SMILES string of the molecule is NC(=O)Nc1[nH]c2cc(F)ccc2c1C(N)=O. The number of carbonyl (C=O) groups excluding carboxylic acids is 2. The second-order valence-electron chi connectivity index (χ2n) is 3.42. The lowest BCUT2D eigenvalue weighted by molar-refractivity contribution is 0.100. The minimum atomic E-state index is -0.848. The summed E-state index contributed by atoms with van der Waals surface area (Å²) in [5, 5.41) is 2.64. The van der Waals surface area contributed by atoms with Gasteiger partial charge in [-0.25, -0.2) is 9.18 Å². The zero-order valence-corrected chi connectivity index (χ0v) is 8.58. The number of hydrogen-bond acceptors (Lipinski definition) is 2. The number of nitrogens with two attached hydrogens (primary N) is 2. The van der Waals surface area contributed by atoms with Crippen LogP contribution in [0.3, 0.4) is 0 Å². The number of aromatic nitrogens is 1. The molecule has 1 aromatic heterocycles. The van der Waals surface area contributed by atoms with Crippen LogP contribution >= 0.6 is 0 Å². The molecule has 0 saturated carbocycles. The van der Waals surface area contributed by atoms with E-state index in [0.717, 1.165) is 0 Å². The Labute approximate surface area is 94.8 Å². The molecule has 0 aliphatic carbocycles. The largest absolute Gasteiger partial charge is 0.365 e. The summed E-state index contributed by atoms with van der Waals surface area (Å²) in [6.45, 7) is 0. The van der Waals surface area contributed by atoms with Gasteiger partial charge in [0.1, 0.15) is 11.6 Å². The second kappa shape index (κ2) is 3.78. The van der Waals surface area contributed by atoms with Gasteiger partial charge in [0.05, 0.1) is 11.1 Å². The number of hydrogen-bond donors (Lipinski definition) is 4. The highest BCUT2D eigenvalue weighted by molar-refractivity contribution is 6.12. The van der Waals surface area contributed by atoms with Crippen LogP contribution in [0.1, 0.15) is 10.4 Å². The summed E-state index contributed by atoms with van der Waals surface area (Å²) in [4.78, 5) is 24.7. The third kappa shape index (κ3) is 1.89. The van der Waals surface area contributed by atoms with Gasteiger partial charge in [0, 0.05) is 5.39 Å². The van der Waals surface area contributed by atoms with Crippen molar-refractivity contribution in [1.29, 1.82) is 0 Å². The van der Waals surface area contributed by atoms with Crippen LogP contribution in [0.2, 0.25) is 0 Å². The number of halogens is 1. The van der Waals surface area contributed by atoms with Crippen molar-refractivity contribution in [3.8, 4) is 0 Å². The van der Waals surface area contributed by atoms with E-state index in [-0.39, 0.29) is 11.4 Å². The number of rotatable bonds is 2. The maximum absolute atomic E-state index is 13.0. The average molecular weight is 236 g/mol. The van der Waals surface area contributed by atoms with Crippen LogP contribution in [0.15, 0.2) is 18.2 Å². The van der Waals surface area contributed by atoms with Crippen LogP contribution in [-0.2, 0) is 0 Å². The van der Waals surface area contributed by atoms with Crippen molar-refractivity contribution in [1.82, 2.24) is 4.98 Å². The summed E-state index contributed by atoms with van der Waals surface area (Å²) in [6.07, 6.45) is 0. The number of anilines is 1. The molecule has 0 atom stereocenters. The van der Waals surface area contributed by atoms with Gasteiger partial charge in [-0.05, 0) is 18.2 Å². The molecule has 0 aliphatic heterocycles. The van der Waals surface area contributed by atoms with Crippen LogP contribution < -0.4 is 16.8 Å². The number of aromatic amines is 1. The molecule has 0 radical (unpaired) electrons. The molecule has 0 aliphatic rings. The monoisotopic (exact) mass is 236 g/mol. The Bertz CT molecular complexity index is 620. The molecule has 7 heteroatoms. The molecule has 17 heavy (non-hydrogen) atoms. The molecule has 0 spiro atoms. The van der Waals surface area contributed by atoms with Gasteiger partial charge in [-0.1, -0.05) is 0 Å². The molecule has 1 aromatic carbocycles. The van der Waals surface area contributed by atoms with Gasteiger partial charge in [0.2, 0.25) is 0 Å². The first-order valence-corrected chi connectivity index (χ1v) is 4.66. The van der Waals surface area contributed by atoms with E-state index in [0.29, 0.717) is 10.9 Å². The van der Waals surface area contributed by atoms with E-state index in [2.05, 4.69) is 10.3 Å². The molecule has 88 valence electrons. The summed E-state index contributed by atoms with van der Waals surface area (Å²) >= 11 is 0. The Balaban J connectivity index is 2.70. The Hall–Kier alpha value is -2.57. The molecule has 2 aromatic rings. The highest BCUT2D eigenvalue weighted by atomic mass is 19.1. The summed E-state index contributed by atoms with van der Waals surface area (Å²) < 4.78 is 13.0. The highest BCUT2D eigenvalue weighted by Gasteiger charge is 2.17. The Kier molecular flexibility index (Phi) is 2.43. The molecular weight excluding hydrogens is 227 g/mol. The molecular formula is C10H9FN4O2. The summed E-state index contributed by atoms with van der Waals surface area (Å²) in [7, 11) is 0. The molecule has 1 heterocycles. The molecule has 0 saturated heterocycles. The van der Waals surface area contributed by atoms with E-state index in [1.807, 2.05) is 0 Å². The Morgan fingerprint density at radius 2 is 2.00 bits per heavy atom. The van der Waals surface area contributed by atoms with E-state index < -0.39 is 17.8 Å². The van der Waals surface area contributed by atoms with Crippen molar-refractivity contribution in [2.24, 2.45) is 11.5 Å². The molecule has 0 bridgehead atoms. The lowest BCUT2D eigenvalue weighted by Gasteiger charge is -2.00. The number of nitrogens with one attached hydrogen (secondary N) is 2. The lowest BCUT2D eigenvalue weighted by Crippen LogP contribution is -2.22. The van der Waals surface area contributed by atoms with E-state index in [1.54, 1.807) is 0 Å². The maximum atomic E-state index is 13.0. The average Bonchev–Trinajstić information content (AvgIpc) is 2.53. The first kappa shape index (κ1) is 10.9. The van der Waals surface area contributed by atoms with E-state index in [4.69, 9.17) is 11.5 Å². The third-order valence-corrected chi connectivity index (χ3v) is 2.26. The fourth-order valence-electron chi connectivity index (χ4n) is 1.64. The van der Waals surface area contributed by atoms with Crippen LogP contribution in [0.25, 0.3) is 10.9 Å². The predicted molar refractivity (Wildman–Crippen MR) is 60.0 cm³/mol. The molecule has 6 N–H and O–H groups in total. The summed E-state index contributed by atoms with van der Waals surface area (Å²) in [5.41, 5.74) is 10.6. The van der Waals surface area contributed by atoms with Crippen molar-refractivity contribution in [2.45, 2.75) is 0 Å². The van der Waals surface area contributed by atoms with Gasteiger partial charge in [-0.3, -0.25) is 10.1 Å². The van der Waals surface area contributed by atoms with E-state index in [1.165, 1.54) is 18.2 Å². The minimum absolute atomic E-state index is 0.0607. The topological polar surface area (TPSA) is 114 Å².